The molecular weight excluding hydrogens is 274 g/mol. The number of carboxylic acid groups (broad SMARTS) is 1. The summed E-state index contributed by atoms with van der Waals surface area (Å²) in [6, 6.07) is 1.26. The van der Waals surface area contributed by atoms with Crippen molar-refractivity contribution in [2.24, 2.45) is 5.41 Å². The third kappa shape index (κ3) is 4.21. The van der Waals surface area contributed by atoms with Gasteiger partial charge in [0.1, 0.15) is 0 Å². The number of carboxylic acids is 1. The molecule has 0 atom stereocenters. The molecular formula is C14H21N3O4. The average Bonchev–Trinajstić information content (AvgIpc) is 2.87. The summed E-state index contributed by atoms with van der Waals surface area (Å²) in [7, 11) is 0. The number of nitrogens with one attached hydrogen (secondary N) is 2. The maximum atomic E-state index is 11.8. The van der Waals surface area contributed by atoms with Gasteiger partial charge in [0.05, 0.1) is 18.2 Å². The fraction of sp³-hybridized carbons (Fsp3) is 0.643. The van der Waals surface area contributed by atoms with E-state index in [1.165, 1.54) is 6.20 Å². The van der Waals surface area contributed by atoms with Crippen molar-refractivity contribution in [3.05, 3.63) is 18.0 Å². The molecule has 1 fully saturated rings. The first kappa shape index (κ1) is 15.3. The number of hydrogen-bond acceptors (Lipinski definition) is 4. The van der Waals surface area contributed by atoms with Gasteiger partial charge in [-0.2, -0.15) is 0 Å². The summed E-state index contributed by atoms with van der Waals surface area (Å²) in [5.41, 5.74) is -0.833. The molecule has 0 bridgehead atoms. The highest BCUT2D eigenvalue weighted by molar-refractivity contribution is 5.78. The van der Waals surface area contributed by atoms with Crippen LogP contribution in [0.2, 0.25) is 0 Å². The summed E-state index contributed by atoms with van der Waals surface area (Å²) in [5.74, 6) is -0.271. The normalized spacial score (nSPS) is 17.7. The standard InChI is InChI=1S/C14H21N3O4/c18-12(19)14(6-3-1-2-4-7-14)10-16-13(20)15-9-11-5-8-17-21-11/h5,8H,1-4,6-7,9-10H2,(H,18,19)(H2,15,16,20). The van der Waals surface area contributed by atoms with Gasteiger partial charge in [-0.1, -0.05) is 30.8 Å². The minimum atomic E-state index is -0.833. The minimum Gasteiger partial charge on any atom is -0.481 e. The highest BCUT2D eigenvalue weighted by Crippen LogP contribution is 2.34. The second-order valence-electron chi connectivity index (χ2n) is 5.51. The lowest BCUT2D eigenvalue weighted by molar-refractivity contribution is -0.149. The van der Waals surface area contributed by atoms with Crippen LogP contribution in [0.15, 0.2) is 16.8 Å². The number of amides is 2. The molecule has 7 nitrogen and oxygen atoms in total. The molecule has 2 amide bonds. The van der Waals surface area contributed by atoms with Gasteiger partial charge in [-0.05, 0) is 12.8 Å². The summed E-state index contributed by atoms with van der Waals surface area (Å²) in [6.45, 7) is 0.385. The van der Waals surface area contributed by atoms with E-state index in [1.807, 2.05) is 0 Å². The molecule has 116 valence electrons. The Bertz CT molecular complexity index is 465. The lowest BCUT2D eigenvalue weighted by Crippen LogP contribution is -2.46. The van der Waals surface area contributed by atoms with E-state index >= 15 is 0 Å². The Balaban J connectivity index is 1.83. The van der Waals surface area contributed by atoms with E-state index < -0.39 is 17.4 Å². The molecule has 0 radical (unpaired) electrons. The molecule has 1 saturated carbocycles. The van der Waals surface area contributed by atoms with Crippen LogP contribution in [0.25, 0.3) is 0 Å². The average molecular weight is 295 g/mol. The fourth-order valence-electron chi connectivity index (χ4n) is 2.68. The molecule has 7 heteroatoms. The molecule has 1 aliphatic carbocycles. The molecule has 0 aliphatic heterocycles. The molecule has 3 N–H and O–H groups in total. The third-order valence-corrected chi connectivity index (χ3v) is 4.02. The quantitative estimate of drug-likeness (QED) is 0.720. The maximum absolute atomic E-state index is 11.8. The topological polar surface area (TPSA) is 104 Å². The number of rotatable bonds is 5. The van der Waals surface area contributed by atoms with Crippen molar-refractivity contribution < 1.29 is 19.2 Å². The highest BCUT2D eigenvalue weighted by Gasteiger charge is 2.38. The van der Waals surface area contributed by atoms with Crippen LogP contribution in [0.5, 0.6) is 0 Å². The number of carbonyl (C=O) groups is 2. The number of nitrogens with zero attached hydrogens (tertiary/aromatic N) is 1. The van der Waals surface area contributed by atoms with Crippen molar-refractivity contribution >= 4 is 12.0 Å². The van der Waals surface area contributed by atoms with Crippen molar-refractivity contribution in [1.29, 1.82) is 0 Å². The molecule has 1 aliphatic rings. The Morgan fingerprint density at radius 3 is 2.52 bits per heavy atom. The van der Waals surface area contributed by atoms with Gasteiger partial charge in [-0.25, -0.2) is 4.79 Å². The Morgan fingerprint density at radius 1 is 1.24 bits per heavy atom. The number of carbonyl (C=O) groups excluding carboxylic acids is 1. The van der Waals surface area contributed by atoms with Crippen molar-refractivity contribution in [3.8, 4) is 0 Å². The number of aromatic nitrogens is 1. The Hall–Kier alpha value is -2.05. The Morgan fingerprint density at radius 2 is 1.95 bits per heavy atom. The van der Waals surface area contributed by atoms with E-state index in [9.17, 15) is 14.7 Å². The molecule has 1 aromatic rings. The molecule has 0 spiro atoms. The molecule has 0 aromatic carbocycles. The lowest BCUT2D eigenvalue weighted by atomic mass is 9.80. The summed E-state index contributed by atoms with van der Waals surface area (Å²) >= 11 is 0. The number of hydrogen-bond donors (Lipinski definition) is 3. The van der Waals surface area contributed by atoms with Gasteiger partial charge in [-0.3, -0.25) is 4.79 Å². The first-order chi connectivity index (χ1) is 10.1. The minimum absolute atomic E-state index is 0.157. The maximum Gasteiger partial charge on any atom is 0.315 e. The largest absolute Gasteiger partial charge is 0.481 e. The smallest absolute Gasteiger partial charge is 0.315 e. The molecule has 21 heavy (non-hydrogen) atoms. The van der Waals surface area contributed by atoms with Crippen LogP contribution in [-0.2, 0) is 11.3 Å². The van der Waals surface area contributed by atoms with Crippen molar-refractivity contribution in [2.75, 3.05) is 6.54 Å². The van der Waals surface area contributed by atoms with Crippen LogP contribution in [0, 0.1) is 5.41 Å². The number of urea groups is 1. The Labute approximate surface area is 123 Å². The fourth-order valence-corrected chi connectivity index (χ4v) is 2.68. The van der Waals surface area contributed by atoms with Crippen molar-refractivity contribution in [2.45, 2.75) is 45.1 Å². The highest BCUT2D eigenvalue weighted by atomic mass is 16.5. The zero-order valence-electron chi connectivity index (χ0n) is 11.9. The van der Waals surface area contributed by atoms with Crippen LogP contribution in [0.1, 0.15) is 44.3 Å². The summed E-state index contributed by atoms with van der Waals surface area (Å²) in [6.07, 6.45) is 6.65. The second kappa shape index (κ2) is 7.10. The van der Waals surface area contributed by atoms with Crippen LogP contribution in [0.3, 0.4) is 0 Å². The van der Waals surface area contributed by atoms with Gasteiger partial charge < -0.3 is 20.3 Å². The second-order valence-corrected chi connectivity index (χ2v) is 5.51. The van der Waals surface area contributed by atoms with Gasteiger partial charge in [0.15, 0.2) is 5.76 Å². The summed E-state index contributed by atoms with van der Waals surface area (Å²) < 4.78 is 4.87. The molecule has 1 heterocycles. The first-order valence-electron chi connectivity index (χ1n) is 7.27. The van der Waals surface area contributed by atoms with Gasteiger partial charge in [0.25, 0.3) is 0 Å². The van der Waals surface area contributed by atoms with Gasteiger partial charge >= 0.3 is 12.0 Å². The lowest BCUT2D eigenvalue weighted by Gasteiger charge is -2.28. The molecule has 0 unspecified atom stereocenters. The Kier molecular flexibility index (Phi) is 5.19. The van der Waals surface area contributed by atoms with Crippen molar-refractivity contribution in [3.63, 3.8) is 0 Å². The third-order valence-electron chi connectivity index (χ3n) is 4.02. The van der Waals surface area contributed by atoms with E-state index in [0.717, 1.165) is 25.7 Å². The van der Waals surface area contributed by atoms with E-state index in [1.54, 1.807) is 6.07 Å². The van der Waals surface area contributed by atoms with Crippen LogP contribution < -0.4 is 10.6 Å². The monoisotopic (exact) mass is 295 g/mol. The first-order valence-corrected chi connectivity index (χ1v) is 7.27. The predicted octanol–water partition coefficient (Wildman–Crippen LogP) is 1.90. The molecule has 0 saturated heterocycles. The van der Waals surface area contributed by atoms with Crippen molar-refractivity contribution in [1.82, 2.24) is 15.8 Å². The van der Waals surface area contributed by atoms with E-state index in [-0.39, 0.29) is 13.1 Å². The van der Waals surface area contributed by atoms with Crippen LogP contribution in [-0.4, -0.2) is 28.8 Å². The zero-order valence-corrected chi connectivity index (χ0v) is 11.9. The number of aliphatic carboxylic acids is 1. The van der Waals surface area contributed by atoms with Crippen LogP contribution >= 0.6 is 0 Å². The van der Waals surface area contributed by atoms with E-state index in [0.29, 0.717) is 18.6 Å². The molecule has 2 rings (SSSR count). The van der Waals surface area contributed by atoms with Gasteiger partial charge in [0.2, 0.25) is 0 Å². The SMILES string of the molecule is O=C(NCc1ccno1)NCC1(C(=O)O)CCCCCC1. The zero-order chi connectivity index (χ0) is 15.1. The summed E-state index contributed by atoms with van der Waals surface area (Å²) in [4.78, 5) is 23.3. The molecule has 1 aromatic heterocycles. The predicted molar refractivity (Wildman–Crippen MR) is 74.5 cm³/mol. The van der Waals surface area contributed by atoms with Gasteiger partial charge in [-0.15, -0.1) is 0 Å². The van der Waals surface area contributed by atoms with E-state index in [2.05, 4.69) is 15.8 Å². The van der Waals surface area contributed by atoms with Gasteiger partial charge in [0, 0.05) is 12.6 Å². The van der Waals surface area contributed by atoms with E-state index in [4.69, 9.17) is 4.52 Å². The van der Waals surface area contributed by atoms with Crippen LogP contribution in [0.4, 0.5) is 4.79 Å². The summed E-state index contributed by atoms with van der Waals surface area (Å²) in [5, 5.41) is 18.3.